The lowest BCUT2D eigenvalue weighted by molar-refractivity contribution is 0.101. The van der Waals surface area contributed by atoms with Gasteiger partial charge in [-0.15, -0.1) is 10.2 Å². The predicted molar refractivity (Wildman–Crippen MR) is 65.3 cm³/mol. The first-order valence-corrected chi connectivity index (χ1v) is 5.82. The standard InChI is InChI=1S/C12H13N5O/c1-9(18)10-2-3-13-11(6-10)16-4-5-17-8-14-15-12(17)7-16/h2-3,6,8H,4-5,7H2,1H3. The number of hydrogen-bond donors (Lipinski definition) is 0. The van der Waals surface area contributed by atoms with E-state index in [1.165, 1.54) is 0 Å². The van der Waals surface area contributed by atoms with Gasteiger partial charge in [0.25, 0.3) is 0 Å². The maximum atomic E-state index is 11.4. The fourth-order valence-corrected chi connectivity index (χ4v) is 2.07. The van der Waals surface area contributed by atoms with E-state index in [9.17, 15) is 4.79 Å². The molecule has 92 valence electrons. The molecule has 6 nitrogen and oxygen atoms in total. The first-order valence-electron chi connectivity index (χ1n) is 5.82. The van der Waals surface area contributed by atoms with Gasteiger partial charge in [0.15, 0.2) is 11.6 Å². The molecule has 0 amide bonds. The van der Waals surface area contributed by atoms with Crippen LogP contribution in [0.5, 0.6) is 0 Å². The van der Waals surface area contributed by atoms with Crippen molar-refractivity contribution in [2.75, 3.05) is 11.4 Å². The number of rotatable bonds is 2. The van der Waals surface area contributed by atoms with Crippen LogP contribution in [0.15, 0.2) is 24.7 Å². The van der Waals surface area contributed by atoms with E-state index in [2.05, 4.69) is 20.1 Å². The molecule has 0 unspecified atom stereocenters. The maximum Gasteiger partial charge on any atom is 0.159 e. The SMILES string of the molecule is CC(=O)c1ccnc(N2CCn3cnnc3C2)c1. The number of anilines is 1. The van der Waals surface area contributed by atoms with E-state index in [4.69, 9.17) is 0 Å². The molecule has 0 aliphatic carbocycles. The summed E-state index contributed by atoms with van der Waals surface area (Å²) in [5, 5.41) is 7.96. The molecule has 6 heteroatoms. The van der Waals surface area contributed by atoms with Crippen LogP contribution in [0.1, 0.15) is 23.1 Å². The predicted octanol–water partition coefficient (Wildman–Crippen LogP) is 0.896. The Bertz CT molecular complexity index is 592. The lowest BCUT2D eigenvalue weighted by atomic mass is 10.2. The fourth-order valence-electron chi connectivity index (χ4n) is 2.07. The number of pyridine rings is 1. The Morgan fingerprint density at radius 1 is 1.39 bits per heavy atom. The third-order valence-electron chi connectivity index (χ3n) is 3.11. The molecule has 0 fully saturated rings. The second kappa shape index (κ2) is 4.21. The zero-order valence-electron chi connectivity index (χ0n) is 10.1. The highest BCUT2D eigenvalue weighted by molar-refractivity contribution is 5.94. The van der Waals surface area contributed by atoms with Crippen LogP contribution in [0, 0.1) is 0 Å². The molecule has 0 aromatic carbocycles. The Balaban J connectivity index is 1.88. The van der Waals surface area contributed by atoms with Crippen molar-refractivity contribution in [1.82, 2.24) is 19.7 Å². The van der Waals surface area contributed by atoms with Crippen LogP contribution >= 0.6 is 0 Å². The van der Waals surface area contributed by atoms with E-state index >= 15 is 0 Å². The number of hydrogen-bond acceptors (Lipinski definition) is 5. The average Bonchev–Trinajstić information content (AvgIpc) is 2.86. The van der Waals surface area contributed by atoms with Crippen LogP contribution in [0.3, 0.4) is 0 Å². The summed E-state index contributed by atoms with van der Waals surface area (Å²) in [5.41, 5.74) is 0.687. The molecule has 0 saturated carbocycles. The van der Waals surface area contributed by atoms with Crippen LogP contribution < -0.4 is 4.90 Å². The molecule has 0 spiro atoms. The quantitative estimate of drug-likeness (QED) is 0.733. The van der Waals surface area contributed by atoms with Crippen LogP contribution in [-0.2, 0) is 13.1 Å². The fraction of sp³-hybridized carbons (Fsp3) is 0.333. The largest absolute Gasteiger partial charge is 0.347 e. The van der Waals surface area contributed by atoms with Gasteiger partial charge in [-0.1, -0.05) is 0 Å². The molecule has 0 radical (unpaired) electrons. The van der Waals surface area contributed by atoms with Crippen molar-refractivity contribution in [1.29, 1.82) is 0 Å². The molecule has 2 aromatic heterocycles. The van der Waals surface area contributed by atoms with E-state index in [0.29, 0.717) is 12.1 Å². The summed E-state index contributed by atoms with van der Waals surface area (Å²) in [5.74, 6) is 1.80. The van der Waals surface area contributed by atoms with Crippen molar-refractivity contribution in [3.8, 4) is 0 Å². The van der Waals surface area contributed by atoms with Gasteiger partial charge >= 0.3 is 0 Å². The normalized spacial score (nSPS) is 14.4. The second-order valence-corrected chi connectivity index (χ2v) is 4.32. The van der Waals surface area contributed by atoms with Gasteiger partial charge in [0.1, 0.15) is 12.1 Å². The van der Waals surface area contributed by atoms with E-state index in [0.717, 1.165) is 24.7 Å². The summed E-state index contributed by atoms with van der Waals surface area (Å²) in [7, 11) is 0. The third-order valence-corrected chi connectivity index (χ3v) is 3.11. The summed E-state index contributed by atoms with van der Waals surface area (Å²) in [4.78, 5) is 17.8. The minimum absolute atomic E-state index is 0.0545. The monoisotopic (exact) mass is 243 g/mol. The van der Waals surface area contributed by atoms with Gasteiger partial charge in [0.05, 0.1) is 6.54 Å². The molecule has 1 aliphatic rings. The number of carbonyl (C=O) groups is 1. The van der Waals surface area contributed by atoms with Crippen molar-refractivity contribution in [2.45, 2.75) is 20.0 Å². The Hall–Kier alpha value is -2.24. The minimum Gasteiger partial charge on any atom is -0.347 e. The number of fused-ring (bicyclic) bond motifs is 1. The van der Waals surface area contributed by atoms with Crippen LogP contribution in [0.25, 0.3) is 0 Å². The van der Waals surface area contributed by atoms with Gasteiger partial charge in [-0.25, -0.2) is 4.98 Å². The number of ketones is 1. The average molecular weight is 243 g/mol. The molecular formula is C12H13N5O. The van der Waals surface area contributed by atoms with Crippen molar-refractivity contribution >= 4 is 11.6 Å². The van der Waals surface area contributed by atoms with Crippen molar-refractivity contribution < 1.29 is 4.79 Å². The zero-order chi connectivity index (χ0) is 12.5. The number of aromatic nitrogens is 4. The summed E-state index contributed by atoms with van der Waals surface area (Å²) < 4.78 is 2.03. The number of Topliss-reactive ketones (excluding diaryl/α,β-unsaturated/α-hetero) is 1. The van der Waals surface area contributed by atoms with Gasteiger partial charge in [-0.3, -0.25) is 4.79 Å². The zero-order valence-corrected chi connectivity index (χ0v) is 10.1. The first-order chi connectivity index (χ1) is 8.74. The van der Waals surface area contributed by atoms with E-state index < -0.39 is 0 Å². The summed E-state index contributed by atoms with van der Waals surface area (Å²) in [6.45, 7) is 3.92. The van der Waals surface area contributed by atoms with E-state index in [1.807, 2.05) is 10.6 Å². The van der Waals surface area contributed by atoms with Crippen LogP contribution in [-0.4, -0.2) is 32.1 Å². The highest BCUT2D eigenvalue weighted by Crippen LogP contribution is 2.18. The smallest absolute Gasteiger partial charge is 0.159 e. The van der Waals surface area contributed by atoms with Gasteiger partial charge in [0.2, 0.25) is 0 Å². The van der Waals surface area contributed by atoms with Crippen LogP contribution in [0.2, 0.25) is 0 Å². The maximum absolute atomic E-state index is 11.4. The van der Waals surface area contributed by atoms with E-state index in [1.54, 1.807) is 25.5 Å². The summed E-state index contributed by atoms with van der Waals surface area (Å²) >= 11 is 0. The lowest BCUT2D eigenvalue weighted by Crippen LogP contribution is -2.34. The lowest BCUT2D eigenvalue weighted by Gasteiger charge is -2.28. The van der Waals surface area contributed by atoms with Crippen molar-refractivity contribution in [3.05, 3.63) is 36.0 Å². The molecule has 1 aliphatic heterocycles. The third kappa shape index (κ3) is 1.85. The van der Waals surface area contributed by atoms with Crippen molar-refractivity contribution in [2.24, 2.45) is 0 Å². The highest BCUT2D eigenvalue weighted by Gasteiger charge is 2.18. The van der Waals surface area contributed by atoms with Crippen LogP contribution in [0.4, 0.5) is 5.82 Å². The highest BCUT2D eigenvalue weighted by atomic mass is 16.1. The molecule has 2 aromatic rings. The Labute approximate surface area is 104 Å². The van der Waals surface area contributed by atoms with E-state index in [-0.39, 0.29) is 5.78 Å². The van der Waals surface area contributed by atoms with Crippen molar-refractivity contribution in [3.63, 3.8) is 0 Å². The second-order valence-electron chi connectivity index (χ2n) is 4.32. The molecule has 0 N–H and O–H groups in total. The van der Waals surface area contributed by atoms with Gasteiger partial charge < -0.3 is 9.47 Å². The van der Waals surface area contributed by atoms with Gasteiger partial charge in [-0.05, 0) is 19.1 Å². The van der Waals surface area contributed by atoms with Gasteiger partial charge in [-0.2, -0.15) is 0 Å². The molecule has 18 heavy (non-hydrogen) atoms. The molecule has 3 heterocycles. The molecule has 0 bridgehead atoms. The molecule has 0 atom stereocenters. The molecule has 3 rings (SSSR count). The topological polar surface area (TPSA) is 63.9 Å². The molecule has 0 saturated heterocycles. The number of nitrogens with zero attached hydrogens (tertiary/aromatic N) is 5. The summed E-state index contributed by atoms with van der Waals surface area (Å²) in [6, 6.07) is 3.56. The Morgan fingerprint density at radius 2 is 2.28 bits per heavy atom. The molecular weight excluding hydrogens is 230 g/mol. The first kappa shape index (κ1) is 10.9. The van der Waals surface area contributed by atoms with Gasteiger partial charge in [0, 0.05) is 24.8 Å². The summed E-state index contributed by atoms with van der Waals surface area (Å²) in [6.07, 6.45) is 3.41. The Morgan fingerprint density at radius 3 is 3.11 bits per heavy atom. The Kier molecular flexibility index (Phi) is 2.55. The number of carbonyl (C=O) groups excluding carboxylic acids is 1. The minimum atomic E-state index is 0.0545.